The quantitative estimate of drug-likeness (QED) is 0.181. The van der Waals surface area contributed by atoms with Crippen molar-refractivity contribution in [1.82, 2.24) is 15.2 Å². The smallest absolute Gasteiger partial charge is 0.279 e. The number of rotatable bonds is 7. The highest BCUT2D eigenvalue weighted by Crippen LogP contribution is 2.31. The van der Waals surface area contributed by atoms with E-state index in [1.54, 1.807) is 24.4 Å². The number of nitro benzene ring substituents is 1. The van der Waals surface area contributed by atoms with Crippen molar-refractivity contribution in [3.8, 4) is 16.8 Å². The average Bonchev–Trinajstić information content (AvgIpc) is 3.37. The molecule has 0 aliphatic carbocycles. The lowest BCUT2D eigenvalue weighted by molar-refractivity contribution is -0.384. The van der Waals surface area contributed by atoms with Gasteiger partial charge < -0.3 is 5.32 Å². The Morgan fingerprint density at radius 2 is 1.86 bits per heavy atom. The van der Waals surface area contributed by atoms with Crippen LogP contribution >= 0.6 is 11.3 Å². The summed E-state index contributed by atoms with van der Waals surface area (Å²) in [6.07, 6.45) is 1.94. The molecule has 0 bridgehead atoms. The van der Waals surface area contributed by atoms with E-state index in [9.17, 15) is 25.0 Å². The number of nitrogens with zero attached hydrogens (tertiary/aromatic N) is 4. The lowest BCUT2D eigenvalue weighted by atomic mass is 10.0. The first-order chi connectivity index (χ1) is 16.9. The topological polar surface area (TPSA) is 129 Å². The number of amides is 2. The Morgan fingerprint density at radius 3 is 2.60 bits per heavy atom. The van der Waals surface area contributed by atoms with Gasteiger partial charge in [-0.1, -0.05) is 54.6 Å². The zero-order valence-electron chi connectivity index (χ0n) is 18.5. The van der Waals surface area contributed by atoms with Gasteiger partial charge in [0.05, 0.1) is 10.5 Å². The second-order valence-electron chi connectivity index (χ2n) is 7.72. The van der Waals surface area contributed by atoms with Crippen LogP contribution < -0.4 is 5.32 Å². The molecule has 0 fully saturated rings. The molecule has 2 amide bonds. The van der Waals surface area contributed by atoms with Crippen LogP contribution in [0.15, 0.2) is 72.1 Å². The highest BCUT2D eigenvalue weighted by Gasteiger charge is 2.27. The molecule has 35 heavy (non-hydrogen) atoms. The maximum atomic E-state index is 13.0. The number of hydrogen-bond donors (Lipinski definition) is 1. The fourth-order valence-electron chi connectivity index (χ4n) is 3.63. The summed E-state index contributed by atoms with van der Waals surface area (Å²) >= 11 is 1.09. The maximum absolute atomic E-state index is 13.0. The lowest BCUT2D eigenvalue weighted by Gasteiger charge is -2.20. The third-order valence-electron chi connectivity index (χ3n) is 5.41. The van der Waals surface area contributed by atoms with Gasteiger partial charge in [-0.25, -0.2) is 4.98 Å². The standard InChI is InChI=1S/C25H19N5O4S/c1-29(15-26)25(32)20(13-16-10-11-17-6-2-3-7-18(17)12-16)27-23(31)21-14-35-24(28-21)19-8-4-5-9-22(19)30(33)34/h2-12,14,20H,13H2,1H3,(H,27,31)/t20-/m1/s1. The van der Waals surface area contributed by atoms with Crippen molar-refractivity contribution >= 4 is 39.6 Å². The van der Waals surface area contributed by atoms with Gasteiger partial charge in [0.1, 0.15) is 16.7 Å². The molecule has 0 spiro atoms. The summed E-state index contributed by atoms with van der Waals surface area (Å²) in [6, 6.07) is 18.6. The molecule has 3 aromatic carbocycles. The largest absolute Gasteiger partial charge is 0.338 e. The molecule has 0 aliphatic heterocycles. The SMILES string of the molecule is CN(C#N)C(=O)[C@@H](Cc1ccc2ccccc2c1)NC(=O)c1csc(-c2ccccc2[N+](=O)[O-])n1. The molecule has 1 atom stereocenters. The van der Waals surface area contributed by atoms with Crippen molar-refractivity contribution < 1.29 is 14.5 Å². The van der Waals surface area contributed by atoms with Crippen molar-refractivity contribution in [2.75, 3.05) is 7.05 Å². The molecule has 174 valence electrons. The summed E-state index contributed by atoms with van der Waals surface area (Å²) in [5.41, 5.74) is 1.02. The van der Waals surface area contributed by atoms with Gasteiger partial charge in [-0.15, -0.1) is 11.3 Å². The number of carbonyl (C=O) groups excluding carboxylic acids is 2. The summed E-state index contributed by atoms with van der Waals surface area (Å²) in [7, 11) is 1.33. The van der Waals surface area contributed by atoms with Crippen LogP contribution in [0.1, 0.15) is 16.1 Å². The van der Waals surface area contributed by atoms with E-state index in [1.165, 1.54) is 18.5 Å². The Morgan fingerprint density at radius 1 is 1.14 bits per heavy atom. The molecule has 0 saturated carbocycles. The Hall–Kier alpha value is -4.62. The van der Waals surface area contributed by atoms with E-state index in [4.69, 9.17) is 0 Å². The predicted molar refractivity (Wildman–Crippen MR) is 131 cm³/mol. The molecule has 1 aromatic heterocycles. The van der Waals surface area contributed by atoms with Gasteiger partial charge >= 0.3 is 0 Å². The fraction of sp³-hybridized carbons (Fsp3) is 0.120. The Bertz CT molecular complexity index is 1480. The first kappa shape index (κ1) is 23.5. The Balaban J connectivity index is 1.59. The Labute approximate surface area is 204 Å². The van der Waals surface area contributed by atoms with Crippen LogP contribution in [0, 0.1) is 21.6 Å². The molecule has 0 saturated heterocycles. The van der Waals surface area contributed by atoms with Gasteiger partial charge in [-0.2, -0.15) is 5.26 Å². The number of aromatic nitrogens is 1. The molecule has 10 heteroatoms. The molecular weight excluding hydrogens is 466 g/mol. The molecule has 4 aromatic rings. The van der Waals surface area contributed by atoms with Crippen LogP contribution in [0.2, 0.25) is 0 Å². The van der Waals surface area contributed by atoms with E-state index in [2.05, 4.69) is 10.3 Å². The molecule has 0 radical (unpaired) electrons. The second-order valence-corrected chi connectivity index (χ2v) is 8.58. The summed E-state index contributed by atoms with van der Waals surface area (Å²) in [5.74, 6) is -1.18. The number of nitrogens with one attached hydrogen (secondary N) is 1. The number of thiazole rings is 1. The Kier molecular flexibility index (Phi) is 6.80. The number of likely N-dealkylation sites (N-methyl/N-ethyl adjacent to an activating group) is 1. The van der Waals surface area contributed by atoms with E-state index in [0.29, 0.717) is 10.6 Å². The molecule has 1 heterocycles. The van der Waals surface area contributed by atoms with Crippen LogP contribution in [0.25, 0.3) is 21.3 Å². The minimum absolute atomic E-state index is 0.0269. The molecule has 1 N–H and O–H groups in total. The van der Waals surface area contributed by atoms with E-state index >= 15 is 0 Å². The summed E-state index contributed by atoms with van der Waals surface area (Å²) in [6.45, 7) is 0. The third-order valence-corrected chi connectivity index (χ3v) is 6.28. The van der Waals surface area contributed by atoms with E-state index in [1.807, 2.05) is 42.5 Å². The van der Waals surface area contributed by atoms with Crippen LogP contribution in [-0.2, 0) is 11.2 Å². The van der Waals surface area contributed by atoms with E-state index in [0.717, 1.165) is 32.6 Å². The van der Waals surface area contributed by atoms with Crippen molar-refractivity contribution in [3.63, 3.8) is 0 Å². The number of hydrogen-bond acceptors (Lipinski definition) is 7. The van der Waals surface area contributed by atoms with Gasteiger partial charge in [-0.3, -0.25) is 24.6 Å². The first-order valence-corrected chi connectivity index (χ1v) is 11.4. The summed E-state index contributed by atoms with van der Waals surface area (Å²) in [5, 5.41) is 27.0. The number of nitriles is 1. The van der Waals surface area contributed by atoms with Crippen molar-refractivity contribution in [2.45, 2.75) is 12.5 Å². The maximum Gasteiger partial charge on any atom is 0.279 e. The van der Waals surface area contributed by atoms with Gasteiger partial charge in [0.25, 0.3) is 17.5 Å². The summed E-state index contributed by atoms with van der Waals surface area (Å²) < 4.78 is 0. The van der Waals surface area contributed by atoms with E-state index in [-0.39, 0.29) is 17.8 Å². The lowest BCUT2D eigenvalue weighted by Crippen LogP contribution is -2.47. The van der Waals surface area contributed by atoms with Gasteiger partial charge in [-0.05, 0) is 22.4 Å². The van der Waals surface area contributed by atoms with Crippen LogP contribution in [0.3, 0.4) is 0 Å². The predicted octanol–water partition coefficient (Wildman–Crippen LogP) is 4.15. The molecule has 0 unspecified atom stereocenters. The highest BCUT2D eigenvalue weighted by atomic mass is 32.1. The summed E-state index contributed by atoms with van der Waals surface area (Å²) in [4.78, 5) is 41.8. The van der Waals surface area contributed by atoms with Gasteiger partial charge in [0.15, 0.2) is 6.19 Å². The average molecular weight is 486 g/mol. The first-order valence-electron chi connectivity index (χ1n) is 10.5. The molecule has 9 nitrogen and oxygen atoms in total. The zero-order valence-corrected chi connectivity index (χ0v) is 19.4. The minimum Gasteiger partial charge on any atom is -0.338 e. The number of fused-ring (bicyclic) bond motifs is 1. The van der Waals surface area contributed by atoms with Crippen molar-refractivity contribution in [3.05, 3.63) is 93.5 Å². The van der Waals surface area contributed by atoms with Crippen LogP contribution in [0.5, 0.6) is 0 Å². The zero-order chi connectivity index (χ0) is 24.9. The number of carbonyl (C=O) groups is 2. The highest BCUT2D eigenvalue weighted by molar-refractivity contribution is 7.13. The van der Waals surface area contributed by atoms with Gasteiger partial charge in [0.2, 0.25) is 0 Å². The van der Waals surface area contributed by atoms with Crippen molar-refractivity contribution in [1.29, 1.82) is 5.26 Å². The molecule has 0 aliphatic rings. The second kappa shape index (κ2) is 10.1. The van der Waals surface area contributed by atoms with Crippen LogP contribution in [0.4, 0.5) is 5.69 Å². The number of benzene rings is 3. The molecular formula is C25H19N5O4S. The van der Waals surface area contributed by atoms with Crippen molar-refractivity contribution in [2.24, 2.45) is 0 Å². The monoisotopic (exact) mass is 485 g/mol. The number of nitro groups is 1. The fourth-order valence-corrected chi connectivity index (χ4v) is 4.47. The van der Waals surface area contributed by atoms with Crippen LogP contribution in [-0.4, -0.2) is 39.7 Å². The third kappa shape index (κ3) is 5.15. The molecule has 4 rings (SSSR count). The number of para-hydroxylation sites is 1. The minimum atomic E-state index is -1.01. The normalized spacial score (nSPS) is 11.4. The van der Waals surface area contributed by atoms with E-state index < -0.39 is 22.8 Å². The van der Waals surface area contributed by atoms with Gasteiger partial charge in [0, 0.05) is 24.9 Å².